The molecule has 2 heterocycles. The number of hydrogen-bond donors (Lipinski definition) is 2. The van der Waals surface area contributed by atoms with E-state index in [4.69, 9.17) is 20.2 Å². The summed E-state index contributed by atoms with van der Waals surface area (Å²) in [6.07, 6.45) is 2.68. The number of carbonyl (C=O) groups is 2. The minimum absolute atomic E-state index is 0.323. The van der Waals surface area contributed by atoms with Gasteiger partial charge in [-0.15, -0.1) is 11.3 Å². The highest BCUT2D eigenvalue weighted by atomic mass is 32.1. The number of nitrogens with zero attached hydrogens (tertiary/aromatic N) is 1. The predicted octanol–water partition coefficient (Wildman–Crippen LogP) is 5.46. The molecule has 0 radical (unpaired) electrons. The van der Waals surface area contributed by atoms with Gasteiger partial charge in [-0.2, -0.15) is 0 Å². The minimum Gasteiger partial charge on any atom is -0.497 e. The van der Waals surface area contributed by atoms with Crippen LogP contribution >= 0.6 is 11.3 Å². The number of nitrogens with two attached hydrogens (primary N) is 1. The van der Waals surface area contributed by atoms with E-state index >= 15 is 0 Å². The number of pyridine rings is 1. The lowest BCUT2D eigenvalue weighted by Crippen LogP contribution is -2.19. The van der Waals surface area contributed by atoms with E-state index in [-0.39, 0.29) is 5.91 Å². The molecular weight excluding hydrogens is 474 g/mol. The lowest BCUT2D eigenvalue weighted by molar-refractivity contribution is 0.1000. The van der Waals surface area contributed by atoms with Crippen LogP contribution in [0.5, 0.6) is 11.5 Å². The number of carbonyl (C=O) groups excluding carboxylic acids is 2. The number of ether oxygens (including phenoxy) is 2. The second kappa shape index (κ2) is 9.62. The van der Waals surface area contributed by atoms with Gasteiger partial charge in [-0.25, -0.2) is 4.98 Å². The van der Waals surface area contributed by atoms with E-state index < -0.39 is 5.91 Å². The maximum absolute atomic E-state index is 13.7. The summed E-state index contributed by atoms with van der Waals surface area (Å²) in [5.74, 6) is 0.938. The highest BCUT2D eigenvalue weighted by Gasteiger charge is 2.28. The molecule has 36 heavy (non-hydrogen) atoms. The fraction of sp³-hybridized carbons (Fsp3) is 0.250. The molecule has 2 aromatic heterocycles. The first-order chi connectivity index (χ1) is 17.4. The Labute approximate surface area is 213 Å². The minimum atomic E-state index is -0.513. The molecule has 0 saturated heterocycles. The number of fused-ring (bicyclic) bond motifs is 2. The highest BCUT2D eigenvalue weighted by Crippen LogP contribution is 2.40. The summed E-state index contributed by atoms with van der Waals surface area (Å²) in [6, 6.07) is 14.7. The molecule has 0 saturated carbocycles. The molecule has 5 rings (SSSR count). The van der Waals surface area contributed by atoms with Crippen molar-refractivity contribution in [3.8, 4) is 22.8 Å². The first-order valence-corrected chi connectivity index (χ1v) is 12.6. The van der Waals surface area contributed by atoms with Crippen LogP contribution in [0.25, 0.3) is 22.2 Å². The zero-order chi connectivity index (χ0) is 25.4. The third kappa shape index (κ3) is 4.28. The maximum atomic E-state index is 13.7. The number of amides is 2. The van der Waals surface area contributed by atoms with Crippen LogP contribution in [0.4, 0.5) is 5.00 Å². The lowest BCUT2D eigenvalue weighted by atomic mass is 9.88. The maximum Gasteiger partial charge on any atom is 0.257 e. The third-order valence-electron chi connectivity index (χ3n) is 6.63. The Morgan fingerprint density at radius 2 is 1.92 bits per heavy atom. The molecule has 0 spiro atoms. The molecule has 3 N–H and O–H groups in total. The van der Waals surface area contributed by atoms with Gasteiger partial charge in [0, 0.05) is 21.9 Å². The Balaban J connectivity index is 1.60. The monoisotopic (exact) mass is 501 g/mol. The van der Waals surface area contributed by atoms with Crippen LogP contribution in [0.1, 0.15) is 44.5 Å². The van der Waals surface area contributed by atoms with Crippen LogP contribution in [0, 0.1) is 5.92 Å². The van der Waals surface area contributed by atoms with Crippen molar-refractivity contribution < 1.29 is 19.1 Å². The van der Waals surface area contributed by atoms with E-state index in [2.05, 4.69) is 12.2 Å². The fourth-order valence-electron chi connectivity index (χ4n) is 4.78. The van der Waals surface area contributed by atoms with Gasteiger partial charge in [0.05, 0.1) is 36.6 Å². The molecule has 1 unspecified atom stereocenters. The highest BCUT2D eigenvalue weighted by molar-refractivity contribution is 7.17. The second-order valence-corrected chi connectivity index (χ2v) is 10.1. The van der Waals surface area contributed by atoms with Crippen molar-refractivity contribution in [3.63, 3.8) is 0 Å². The molecule has 184 valence electrons. The number of rotatable bonds is 6. The zero-order valence-electron chi connectivity index (χ0n) is 20.4. The Bertz CT molecular complexity index is 1490. The van der Waals surface area contributed by atoms with Crippen LogP contribution in [-0.2, 0) is 12.8 Å². The van der Waals surface area contributed by atoms with Crippen LogP contribution in [-0.4, -0.2) is 31.0 Å². The summed E-state index contributed by atoms with van der Waals surface area (Å²) >= 11 is 1.45. The van der Waals surface area contributed by atoms with Crippen molar-refractivity contribution >= 4 is 39.1 Å². The van der Waals surface area contributed by atoms with E-state index in [1.807, 2.05) is 36.4 Å². The van der Waals surface area contributed by atoms with Crippen molar-refractivity contribution in [3.05, 3.63) is 70.1 Å². The van der Waals surface area contributed by atoms with Gasteiger partial charge in [-0.05, 0) is 55.0 Å². The van der Waals surface area contributed by atoms with Crippen LogP contribution < -0.4 is 20.5 Å². The van der Waals surface area contributed by atoms with Gasteiger partial charge in [-0.1, -0.05) is 25.1 Å². The lowest BCUT2D eigenvalue weighted by Gasteiger charge is -2.18. The largest absolute Gasteiger partial charge is 0.497 e. The Kier molecular flexibility index (Phi) is 6.36. The molecule has 0 bridgehead atoms. The summed E-state index contributed by atoms with van der Waals surface area (Å²) in [5, 5.41) is 4.22. The number of nitrogens with one attached hydrogen (secondary N) is 1. The van der Waals surface area contributed by atoms with E-state index in [0.29, 0.717) is 50.1 Å². The number of hydrogen-bond acceptors (Lipinski definition) is 6. The number of methoxy groups -OCH3 is 2. The number of aromatic nitrogens is 1. The van der Waals surface area contributed by atoms with E-state index in [1.165, 1.54) is 11.3 Å². The van der Waals surface area contributed by atoms with Gasteiger partial charge in [0.2, 0.25) is 0 Å². The topological polar surface area (TPSA) is 104 Å². The Hall–Kier alpha value is -3.91. The van der Waals surface area contributed by atoms with Crippen LogP contribution in [0.2, 0.25) is 0 Å². The average molecular weight is 502 g/mol. The average Bonchev–Trinajstić information content (AvgIpc) is 3.24. The molecule has 7 nitrogen and oxygen atoms in total. The van der Waals surface area contributed by atoms with E-state index in [0.717, 1.165) is 35.3 Å². The molecule has 4 aromatic rings. The molecule has 2 aromatic carbocycles. The van der Waals surface area contributed by atoms with Gasteiger partial charge in [0.25, 0.3) is 11.8 Å². The summed E-state index contributed by atoms with van der Waals surface area (Å²) in [6.45, 7) is 2.20. The summed E-state index contributed by atoms with van der Waals surface area (Å²) in [7, 11) is 3.17. The number of benzene rings is 2. The Morgan fingerprint density at radius 3 is 2.67 bits per heavy atom. The SMILES string of the molecule is COc1ccc(-c2cc(C(=O)Nc3sc4c(c3C(N)=O)CCC(C)C4)c3ccccc3n2)c(OC)c1. The molecule has 1 aliphatic carbocycles. The van der Waals surface area contributed by atoms with Crippen molar-refractivity contribution in [1.82, 2.24) is 4.98 Å². The zero-order valence-corrected chi connectivity index (χ0v) is 21.2. The molecule has 2 amide bonds. The standard InChI is InChI=1S/C28H27N3O4S/c1-15-8-10-19-24(12-15)36-28(25(19)26(29)32)31-27(33)20-14-22(30-21-7-5-4-6-17(20)21)18-11-9-16(34-2)13-23(18)35-3/h4-7,9,11,13-15H,8,10,12H2,1-3H3,(H2,29,32)(H,31,33). The molecule has 1 aliphatic rings. The first kappa shape index (κ1) is 23.8. The fourth-order valence-corrected chi connectivity index (χ4v) is 6.19. The predicted molar refractivity (Wildman–Crippen MR) is 142 cm³/mol. The van der Waals surface area contributed by atoms with Crippen LogP contribution in [0.15, 0.2) is 48.5 Å². The molecule has 0 aliphatic heterocycles. The Morgan fingerprint density at radius 1 is 1.11 bits per heavy atom. The van der Waals surface area contributed by atoms with Crippen molar-refractivity contribution in [2.24, 2.45) is 11.7 Å². The first-order valence-electron chi connectivity index (χ1n) is 11.8. The molecular formula is C28H27N3O4S. The summed E-state index contributed by atoms with van der Waals surface area (Å²) in [4.78, 5) is 32.0. The number of primary amides is 1. The second-order valence-electron chi connectivity index (χ2n) is 9.01. The van der Waals surface area contributed by atoms with Gasteiger partial charge in [0.1, 0.15) is 16.5 Å². The van der Waals surface area contributed by atoms with Crippen molar-refractivity contribution in [2.45, 2.75) is 26.2 Å². The number of para-hydroxylation sites is 1. The van der Waals surface area contributed by atoms with Crippen molar-refractivity contribution in [2.75, 3.05) is 19.5 Å². The molecule has 0 fully saturated rings. The third-order valence-corrected chi connectivity index (χ3v) is 7.80. The summed E-state index contributed by atoms with van der Waals surface area (Å²) < 4.78 is 10.9. The van der Waals surface area contributed by atoms with Gasteiger partial charge >= 0.3 is 0 Å². The van der Waals surface area contributed by atoms with Crippen LogP contribution in [0.3, 0.4) is 0 Å². The van der Waals surface area contributed by atoms with Gasteiger partial charge in [0.15, 0.2) is 0 Å². The number of anilines is 1. The van der Waals surface area contributed by atoms with Gasteiger partial charge in [-0.3, -0.25) is 9.59 Å². The van der Waals surface area contributed by atoms with E-state index in [1.54, 1.807) is 26.4 Å². The van der Waals surface area contributed by atoms with Gasteiger partial charge < -0.3 is 20.5 Å². The normalized spacial score (nSPS) is 14.8. The quantitative estimate of drug-likeness (QED) is 0.365. The van der Waals surface area contributed by atoms with E-state index in [9.17, 15) is 9.59 Å². The molecule has 8 heteroatoms. The van der Waals surface area contributed by atoms with Crippen molar-refractivity contribution in [1.29, 1.82) is 0 Å². The summed E-state index contributed by atoms with van der Waals surface area (Å²) in [5.41, 5.74) is 9.62. The smallest absolute Gasteiger partial charge is 0.257 e. The molecule has 1 atom stereocenters. The number of thiophene rings is 1.